The summed E-state index contributed by atoms with van der Waals surface area (Å²) in [4.78, 5) is 0. The van der Waals surface area contributed by atoms with E-state index in [1.165, 1.54) is 50.0 Å². The normalized spacial score (nSPS) is 20.1. The van der Waals surface area contributed by atoms with Crippen LogP contribution in [0.1, 0.15) is 45.4 Å². The van der Waals surface area contributed by atoms with Crippen molar-refractivity contribution in [2.75, 3.05) is 18.6 Å². The molecule has 0 radical (unpaired) electrons. The second kappa shape index (κ2) is 7.58. The van der Waals surface area contributed by atoms with Crippen molar-refractivity contribution in [1.82, 2.24) is 5.32 Å². The van der Waals surface area contributed by atoms with Crippen molar-refractivity contribution in [1.29, 1.82) is 0 Å². The van der Waals surface area contributed by atoms with Crippen LogP contribution in [0.4, 0.5) is 0 Å². The highest BCUT2D eigenvalue weighted by atomic mass is 32.2. The molecule has 2 heteroatoms. The predicted molar refractivity (Wildman–Crippen MR) is 67.0 cm³/mol. The highest BCUT2D eigenvalue weighted by molar-refractivity contribution is 7.99. The van der Waals surface area contributed by atoms with E-state index in [0.29, 0.717) is 0 Å². The van der Waals surface area contributed by atoms with Gasteiger partial charge in [-0.05, 0) is 31.6 Å². The minimum absolute atomic E-state index is 0.759. The van der Waals surface area contributed by atoms with Crippen LogP contribution in [-0.2, 0) is 0 Å². The molecule has 1 unspecified atom stereocenters. The fourth-order valence-corrected chi connectivity index (χ4v) is 3.33. The van der Waals surface area contributed by atoms with Crippen molar-refractivity contribution in [3.05, 3.63) is 0 Å². The van der Waals surface area contributed by atoms with Crippen LogP contribution in [0.25, 0.3) is 0 Å². The number of rotatable bonds is 7. The van der Waals surface area contributed by atoms with Crippen LogP contribution < -0.4 is 5.32 Å². The van der Waals surface area contributed by atoms with Gasteiger partial charge in [-0.2, -0.15) is 11.8 Å². The lowest BCUT2D eigenvalue weighted by Crippen LogP contribution is -2.29. The van der Waals surface area contributed by atoms with Crippen molar-refractivity contribution >= 4 is 11.8 Å². The molecule has 0 spiro atoms. The molecule has 0 aromatic rings. The van der Waals surface area contributed by atoms with Crippen LogP contribution in [0.2, 0.25) is 0 Å². The van der Waals surface area contributed by atoms with Crippen LogP contribution in [-0.4, -0.2) is 24.6 Å². The van der Waals surface area contributed by atoms with E-state index in [1.54, 1.807) is 0 Å². The van der Waals surface area contributed by atoms with Gasteiger partial charge in [0, 0.05) is 11.8 Å². The van der Waals surface area contributed by atoms with Gasteiger partial charge in [0.1, 0.15) is 0 Å². The Balaban J connectivity index is 2.10. The van der Waals surface area contributed by atoms with Gasteiger partial charge >= 0.3 is 0 Å². The lowest BCUT2D eigenvalue weighted by atomic mass is 9.99. The van der Waals surface area contributed by atoms with Crippen LogP contribution in [0.5, 0.6) is 0 Å². The fourth-order valence-electron chi connectivity index (χ4n) is 2.29. The summed E-state index contributed by atoms with van der Waals surface area (Å²) in [7, 11) is 2.12. The zero-order valence-corrected chi connectivity index (χ0v) is 10.5. The second-order valence-corrected chi connectivity index (χ2v) is 5.60. The molecule has 1 rings (SSSR count). The van der Waals surface area contributed by atoms with Crippen molar-refractivity contribution in [2.45, 2.75) is 51.5 Å². The lowest BCUT2D eigenvalue weighted by Gasteiger charge is -2.19. The molecule has 1 aliphatic rings. The molecule has 0 heterocycles. The Morgan fingerprint density at radius 3 is 2.64 bits per heavy atom. The molecule has 1 saturated carbocycles. The maximum Gasteiger partial charge on any atom is 0.0157 e. The highest BCUT2D eigenvalue weighted by Crippen LogP contribution is 2.29. The van der Waals surface area contributed by atoms with Gasteiger partial charge in [-0.25, -0.2) is 0 Å². The zero-order chi connectivity index (χ0) is 10.2. The number of nitrogens with one attached hydrogen (secondary N) is 1. The van der Waals surface area contributed by atoms with E-state index in [9.17, 15) is 0 Å². The number of hydrogen-bond acceptors (Lipinski definition) is 2. The predicted octanol–water partition coefficient (Wildman–Crippen LogP) is 3.30. The van der Waals surface area contributed by atoms with Crippen LogP contribution in [0, 0.1) is 5.92 Å². The quantitative estimate of drug-likeness (QED) is 0.654. The molecule has 0 aromatic heterocycles. The summed E-state index contributed by atoms with van der Waals surface area (Å²) in [6.07, 6.45) is 8.64. The fraction of sp³-hybridized carbons (Fsp3) is 1.00. The summed E-state index contributed by atoms with van der Waals surface area (Å²) >= 11 is 2.11. The third-order valence-electron chi connectivity index (χ3n) is 3.17. The van der Waals surface area contributed by atoms with Gasteiger partial charge in [0.2, 0.25) is 0 Å². The Labute approximate surface area is 93.4 Å². The van der Waals surface area contributed by atoms with Gasteiger partial charge in [-0.3, -0.25) is 0 Å². The molecule has 0 aromatic carbocycles. The van der Waals surface area contributed by atoms with Crippen molar-refractivity contribution in [3.63, 3.8) is 0 Å². The lowest BCUT2D eigenvalue weighted by molar-refractivity contribution is 0.427. The van der Waals surface area contributed by atoms with Crippen LogP contribution >= 0.6 is 11.8 Å². The Kier molecular flexibility index (Phi) is 6.70. The van der Waals surface area contributed by atoms with Crippen molar-refractivity contribution in [3.8, 4) is 0 Å². The molecule has 84 valence electrons. The first-order valence-electron chi connectivity index (χ1n) is 6.11. The second-order valence-electron chi connectivity index (χ2n) is 4.45. The van der Waals surface area contributed by atoms with Gasteiger partial charge in [-0.1, -0.05) is 32.6 Å². The summed E-state index contributed by atoms with van der Waals surface area (Å²) in [6.45, 7) is 2.26. The minimum Gasteiger partial charge on any atom is -0.316 e. The van der Waals surface area contributed by atoms with Crippen molar-refractivity contribution in [2.24, 2.45) is 5.92 Å². The average Bonchev–Trinajstić information content (AvgIpc) is 2.69. The molecule has 14 heavy (non-hydrogen) atoms. The molecule has 1 nitrogen and oxygen atoms in total. The number of thioether (sulfide) groups is 1. The van der Waals surface area contributed by atoms with Crippen LogP contribution in [0.15, 0.2) is 0 Å². The molecular weight excluding hydrogens is 190 g/mol. The Morgan fingerprint density at radius 2 is 2.07 bits per heavy atom. The van der Waals surface area contributed by atoms with E-state index < -0.39 is 0 Å². The molecule has 1 fully saturated rings. The summed E-state index contributed by atoms with van der Waals surface area (Å²) in [5, 5.41) is 3.47. The van der Waals surface area contributed by atoms with E-state index in [1.807, 2.05) is 0 Å². The third-order valence-corrected chi connectivity index (χ3v) is 4.50. The van der Waals surface area contributed by atoms with Gasteiger partial charge in [0.15, 0.2) is 0 Å². The zero-order valence-electron chi connectivity index (χ0n) is 9.72. The van der Waals surface area contributed by atoms with Gasteiger partial charge < -0.3 is 5.32 Å². The summed E-state index contributed by atoms with van der Waals surface area (Å²) in [5.74, 6) is 3.65. The molecule has 1 aliphatic carbocycles. The Hall–Kier alpha value is 0.310. The van der Waals surface area contributed by atoms with Gasteiger partial charge in [-0.15, -0.1) is 0 Å². The average molecular weight is 215 g/mol. The minimum atomic E-state index is 0.759. The molecule has 0 amide bonds. The largest absolute Gasteiger partial charge is 0.316 e. The first-order valence-corrected chi connectivity index (χ1v) is 7.27. The molecule has 1 N–H and O–H groups in total. The maximum absolute atomic E-state index is 3.47. The van der Waals surface area contributed by atoms with E-state index in [2.05, 4.69) is 31.1 Å². The first kappa shape index (κ1) is 12.4. The van der Waals surface area contributed by atoms with Gasteiger partial charge in [0.25, 0.3) is 0 Å². The smallest absolute Gasteiger partial charge is 0.0157 e. The first-order chi connectivity index (χ1) is 6.86. The van der Waals surface area contributed by atoms with E-state index in [-0.39, 0.29) is 0 Å². The summed E-state index contributed by atoms with van der Waals surface area (Å²) in [6, 6.07) is 0.759. The Morgan fingerprint density at radius 1 is 1.36 bits per heavy atom. The van der Waals surface area contributed by atoms with E-state index >= 15 is 0 Å². The SMILES string of the molecule is CCCSCC(CC1CCCC1)NC. The molecule has 1 atom stereocenters. The summed E-state index contributed by atoms with van der Waals surface area (Å²) in [5.41, 5.74) is 0. The summed E-state index contributed by atoms with van der Waals surface area (Å²) < 4.78 is 0. The van der Waals surface area contributed by atoms with E-state index in [4.69, 9.17) is 0 Å². The topological polar surface area (TPSA) is 12.0 Å². The number of hydrogen-bond donors (Lipinski definition) is 1. The molecule has 0 bridgehead atoms. The highest BCUT2D eigenvalue weighted by Gasteiger charge is 2.18. The molecule has 0 saturated heterocycles. The molecule has 0 aliphatic heterocycles. The monoisotopic (exact) mass is 215 g/mol. The standard InChI is InChI=1S/C12H25NS/c1-3-8-14-10-12(13-2)9-11-6-4-5-7-11/h11-13H,3-10H2,1-2H3. The van der Waals surface area contributed by atoms with Gasteiger partial charge in [0.05, 0.1) is 0 Å². The van der Waals surface area contributed by atoms with Crippen molar-refractivity contribution < 1.29 is 0 Å². The third kappa shape index (κ3) is 4.70. The maximum atomic E-state index is 3.47. The Bertz CT molecular complexity index is 132. The van der Waals surface area contributed by atoms with Crippen LogP contribution in [0.3, 0.4) is 0 Å². The van der Waals surface area contributed by atoms with E-state index in [0.717, 1.165) is 12.0 Å². The molecular formula is C12H25NS.